The predicted molar refractivity (Wildman–Crippen MR) is 90.1 cm³/mol. The average molecular weight is 289 g/mol. The van der Waals surface area contributed by atoms with Crippen LogP contribution in [-0.4, -0.2) is 5.78 Å². The molecule has 0 aliphatic carbocycles. The minimum atomic E-state index is 0.0422. The number of ketones is 1. The van der Waals surface area contributed by atoms with Crippen LogP contribution >= 0.6 is 0 Å². The molecular formula is C20H19NO. The Morgan fingerprint density at radius 2 is 1.86 bits per heavy atom. The molecule has 0 bridgehead atoms. The largest absolute Gasteiger partial charge is 0.299 e. The van der Waals surface area contributed by atoms with Crippen molar-refractivity contribution in [2.75, 3.05) is 0 Å². The summed E-state index contributed by atoms with van der Waals surface area (Å²) in [7, 11) is 0. The number of Topliss-reactive ketones (excluding diaryl/α,β-unsaturated/α-hetero) is 1. The number of benzene rings is 2. The van der Waals surface area contributed by atoms with Gasteiger partial charge in [-0.05, 0) is 22.8 Å². The highest BCUT2D eigenvalue weighted by atomic mass is 16.1. The SMILES string of the molecule is CC(C)C(=O)C/C=C/c1ccc(-c2ccccc2)cc1C#N. The molecule has 0 atom stereocenters. The number of rotatable bonds is 5. The number of carbonyl (C=O) groups is 1. The lowest BCUT2D eigenvalue weighted by molar-refractivity contribution is -0.121. The van der Waals surface area contributed by atoms with E-state index in [4.69, 9.17) is 0 Å². The summed E-state index contributed by atoms with van der Waals surface area (Å²) >= 11 is 0. The minimum absolute atomic E-state index is 0.0422. The van der Waals surface area contributed by atoms with Gasteiger partial charge >= 0.3 is 0 Å². The first-order chi connectivity index (χ1) is 10.6. The monoisotopic (exact) mass is 289 g/mol. The lowest BCUT2D eigenvalue weighted by Crippen LogP contribution is -2.04. The van der Waals surface area contributed by atoms with Crippen molar-refractivity contribution >= 4 is 11.9 Å². The van der Waals surface area contributed by atoms with E-state index in [9.17, 15) is 10.1 Å². The van der Waals surface area contributed by atoms with Gasteiger partial charge in [0.1, 0.15) is 5.78 Å². The van der Waals surface area contributed by atoms with Gasteiger partial charge in [-0.2, -0.15) is 5.26 Å². The van der Waals surface area contributed by atoms with Crippen LogP contribution in [0.15, 0.2) is 54.6 Å². The Morgan fingerprint density at radius 1 is 1.14 bits per heavy atom. The van der Waals surface area contributed by atoms with E-state index in [0.717, 1.165) is 16.7 Å². The highest BCUT2D eigenvalue weighted by Crippen LogP contribution is 2.23. The molecule has 22 heavy (non-hydrogen) atoms. The molecule has 2 heteroatoms. The topological polar surface area (TPSA) is 40.9 Å². The molecule has 0 unspecified atom stereocenters. The van der Waals surface area contributed by atoms with Crippen LogP contribution in [0.3, 0.4) is 0 Å². The Hall–Kier alpha value is -2.66. The normalized spacial score (nSPS) is 10.8. The molecule has 2 nitrogen and oxygen atoms in total. The minimum Gasteiger partial charge on any atom is -0.299 e. The molecule has 0 spiro atoms. The lowest BCUT2D eigenvalue weighted by atomic mass is 9.99. The highest BCUT2D eigenvalue weighted by molar-refractivity contribution is 5.82. The molecule has 0 radical (unpaired) electrons. The predicted octanol–water partition coefficient (Wildman–Crippen LogP) is 4.85. The van der Waals surface area contributed by atoms with Crippen molar-refractivity contribution in [2.24, 2.45) is 5.92 Å². The zero-order valence-corrected chi connectivity index (χ0v) is 12.9. The van der Waals surface area contributed by atoms with Gasteiger partial charge in [0.15, 0.2) is 0 Å². The van der Waals surface area contributed by atoms with E-state index >= 15 is 0 Å². The van der Waals surface area contributed by atoms with Gasteiger partial charge < -0.3 is 0 Å². The summed E-state index contributed by atoms with van der Waals surface area (Å²) in [5.74, 6) is 0.246. The Bertz CT molecular complexity index is 721. The quantitative estimate of drug-likeness (QED) is 0.789. The summed E-state index contributed by atoms with van der Waals surface area (Å²) < 4.78 is 0. The third-order valence-electron chi connectivity index (χ3n) is 3.54. The summed E-state index contributed by atoms with van der Waals surface area (Å²) in [6.45, 7) is 3.79. The molecule has 2 aromatic carbocycles. The highest BCUT2D eigenvalue weighted by Gasteiger charge is 2.05. The van der Waals surface area contributed by atoms with E-state index in [2.05, 4.69) is 6.07 Å². The fraction of sp³-hybridized carbons (Fsp3) is 0.200. The average Bonchev–Trinajstić information content (AvgIpc) is 2.55. The Morgan fingerprint density at radius 3 is 2.50 bits per heavy atom. The smallest absolute Gasteiger partial charge is 0.139 e. The number of hydrogen-bond donors (Lipinski definition) is 0. The maximum absolute atomic E-state index is 11.6. The second kappa shape index (κ2) is 7.38. The van der Waals surface area contributed by atoms with Gasteiger partial charge in [-0.25, -0.2) is 0 Å². The summed E-state index contributed by atoms with van der Waals surface area (Å²) in [4.78, 5) is 11.6. The van der Waals surface area contributed by atoms with Crippen LogP contribution in [0.5, 0.6) is 0 Å². The molecule has 0 saturated heterocycles. The van der Waals surface area contributed by atoms with E-state index in [0.29, 0.717) is 12.0 Å². The van der Waals surface area contributed by atoms with Crippen LogP contribution in [-0.2, 0) is 4.79 Å². The maximum atomic E-state index is 11.6. The molecule has 0 N–H and O–H groups in total. The first-order valence-electron chi connectivity index (χ1n) is 7.40. The van der Waals surface area contributed by atoms with Crippen LogP contribution in [0, 0.1) is 17.2 Å². The molecule has 0 heterocycles. The molecule has 0 aliphatic rings. The number of hydrogen-bond acceptors (Lipinski definition) is 2. The van der Waals surface area contributed by atoms with Crippen molar-refractivity contribution in [3.63, 3.8) is 0 Å². The summed E-state index contributed by atoms with van der Waals surface area (Å²) in [5.41, 5.74) is 3.57. The van der Waals surface area contributed by atoms with Crippen LogP contribution in [0.25, 0.3) is 17.2 Å². The first-order valence-corrected chi connectivity index (χ1v) is 7.40. The molecule has 0 saturated carbocycles. The molecule has 0 amide bonds. The van der Waals surface area contributed by atoms with Crippen molar-refractivity contribution in [1.82, 2.24) is 0 Å². The summed E-state index contributed by atoms with van der Waals surface area (Å²) in [6, 6.07) is 18.0. The Balaban J connectivity index is 2.22. The zero-order chi connectivity index (χ0) is 15.9. The van der Waals surface area contributed by atoms with E-state index in [1.807, 2.05) is 74.5 Å². The Labute approximate surface area is 131 Å². The van der Waals surface area contributed by atoms with Crippen LogP contribution in [0.2, 0.25) is 0 Å². The van der Waals surface area contributed by atoms with Gasteiger partial charge in [-0.3, -0.25) is 4.79 Å². The van der Waals surface area contributed by atoms with Gasteiger partial charge in [0.05, 0.1) is 11.6 Å². The first kappa shape index (κ1) is 15.7. The third kappa shape index (κ3) is 3.93. The fourth-order valence-electron chi connectivity index (χ4n) is 2.15. The van der Waals surface area contributed by atoms with E-state index in [-0.39, 0.29) is 11.7 Å². The van der Waals surface area contributed by atoms with Crippen molar-refractivity contribution in [2.45, 2.75) is 20.3 Å². The van der Waals surface area contributed by atoms with Crippen molar-refractivity contribution in [3.8, 4) is 17.2 Å². The second-order valence-electron chi connectivity index (χ2n) is 5.51. The third-order valence-corrected chi connectivity index (χ3v) is 3.54. The van der Waals surface area contributed by atoms with Gasteiger partial charge in [-0.15, -0.1) is 0 Å². The van der Waals surface area contributed by atoms with E-state index < -0.39 is 0 Å². The molecule has 0 aromatic heterocycles. The molecule has 2 rings (SSSR count). The summed E-state index contributed by atoms with van der Waals surface area (Å²) in [5, 5.41) is 9.34. The van der Waals surface area contributed by atoms with Crippen molar-refractivity contribution in [3.05, 3.63) is 65.7 Å². The number of carbonyl (C=O) groups excluding carboxylic acids is 1. The molecule has 0 fully saturated rings. The standard InChI is InChI=1S/C20H19NO/c1-15(2)20(22)10-6-9-17-11-12-18(13-19(17)14-21)16-7-4-3-5-8-16/h3-9,11-13,15H,10H2,1-2H3/b9-6+. The molecular weight excluding hydrogens is 270 g/mol. The van der Waals surface area contributed by atoms with E-state index in [1.165, 1.54) is 0 Å². The van der Waals surface area contributed by atoms with Gasteiger partial charge in [0, 0.05) is 12.3 Å². The fourth-order valence-corrected chi connectivity index (χ4v) is 2.15. The number of nitrogens with zero attached hydrogens (tertiary/aromatic N) is 1. The van der Waals surface area contributed by atoms with Gasteiger partial charge in [0.25, 0.3) is 0 Å². The van der Waals surface area contributed by atoms with E-state index in [1.54, 1.807) is 0 Å². The van der Waals surface area contributed by atoms with Crippen molar-refractivity contribution in [1.29, 1.82) is 5.26 Å². The van der Waals surface area contributed by atoms with Crippen LogP contribution in [0.1, 0.15) is 31.4 Å². The summed E-state index contributed by atoms with van der Waals surface area (Å²) in [6.07, 6.45) is 4.09. The lowest BCUT2D eigenvalue weighted by Gasteiger charge is -2.05. The molecule has 0 aliphatic heterocycles. The van der Waals surface area contributed by atoms with Gasteiger partial charge in [0.2, 0.25) is 0 Å². The van der Waals surface area contributed by atoms with Crippen LogP contribution < -0.4 is 0 Å². The Kier molecular flexibility index (Phi) is 5.27. The zero-order valence-electron chi connectivity index (χ0n) is 12.9. The number of allylic oxidation sites excluding steroid dienone is 1. The molecule has 110 valence electrons. The number of nitriles is 1. The van der Waals surface area contributed by atoms with Crippen molar-refractivity contribution < 1.29 is 4.79 Å². The second-order valence-corrected chi connectivity index (χ2v) is 5.51. The van der Waals surface area contributed by atoms with Gasteiger partial charge in [-0.1, -0.05) is 68.5 Å². The maximum Gasteiger partial charge on any atom is 0.139 e. The molecule has 2 aromatic rings. The van der Waals surface area contributed by atoms with Crippen LogP contribution in [0.4, 0.5) is 0 Å².